The van der Waals surface area contributed by atoms with Crippen LogP contribution in [0.3, 0.4) is 0 Å². The highest BCUT2D eigenvalue weighted by Gasteiger charge is 2.19. The molecule has 2 heteroatoms. The molecule has 17 heavy (non-hydrogen) atoms. The molecule has 3 rings (SSSR count). The molecule has 0 N–H and O–H groups in total. The molecule has 1 heterocycles. The van der Waals surface area contributed by atoms with E-state index in [9.17, 15) is 0 Å². The van der Waals surface area contributed by atoms with Gasteiger partial charge in [0.15, 0.2) is 11.0 Å². The predicted molar refractivity (Wildman–Crippen MR) is 69.7 cm³/mol. The first-order chi connectivity index (χ1) is 8.40. The molecule has 0 saturated carbocycles. The van der Waals surface area contributed by atoms with E-state index < -0.39 is 0 Å². The van der Waals surface area contributed by atoms with Crippen LogP contribution in [0.15, 0.2) is 54.9 Å². The molecule has 1 aliphatic carbocycles. The van der Waals surface area contributed by atoms with Crippen LogP contribution in [0.5, 0.6) is 0 Å². The lowest BCUT2D eigenvalue weighted by Gasteiger charge is -2.00. The SMILES string of the molecule is CCC[n+]1cn(C2C=CC=C2)c2ccccc21. The third-order valence-electron chi connectivity index (χ3n) is 3.25. The first-order valence-electron chi connectivity index (χ1n) is 6.24. The van der Waals surface area contributed by atoms with Gasteiger partial charge in [-0.1, -0.05) is 31.2 Å². The van der Waals surface area contributed by atoms with Crippen molar-refractivity contribution in [3.05, 3.63) is 54.9 Å². The first kappa shape index (κ1) is 10.3. The fraction of sp³-hybridized carbons (Fsp3) is 0.267. The average Bonchev–Trinajstić information content (AvgIpc) is 2.97. The summed E-state index contributed by atoms with van der Waals surface area (Å²) in [6.07, 6.45) is 12.1. The molecule has 2 aromatic rings. The van der Waals surface area contributed by atoms with Gasteiger partial charge >= 0.3 is 0 Å². The third-order valence-corrected chi connectivity index (χ3v) is 3.25. The van der Waals surface area contributed by atoms with Gasteiger partial charge in [0.1, 0.15) is 6.04 Å². The number of para-hydroxylation sites is 2. The van der Waals surface area contributed by atoms with Gasteiger partial charge in [-0.05, 0) is 30.7 Å². The lowest BCUT2D eigenvalue weighted by molar-refractivity contribution is -0.672. The van der Waals surface area contributed by atoms with E-state index in [-0.39, 0.29) is 0 Å². The number of aromatic nitrogens is 2. The number of allylic oxidation sites excluding steroid dienone is 4. The summed E-state index contributed by atoms with van der Waals surface area (Å²) in [6.45, 7) is 3.29. The van der Waals surface area contributed by atoms with E-state index in [4.69, 9.17) is 0 Å². The Morgan fingerprint density at radius 2 is 1.94 bits per heavy atom. The van der Waals surface area contributed by atoms with Crippen molar-refractivity contribution in [1.29, 1.82) is 0 Å². The van der Waals surface area contributed by atoms with Gasteiger partial charge in [-0.15, -0.1) is 0 Å². The summed E-state index contributed by atoms with van der Waals surface area (Å²) in [5.41, 5.74) is 2.63. The molecule has 0 saturated heterocycles. The minimum Gasteiger partial charge on any atom is -0.230 e. The Hall–Kier alpha value is -1.83. The topological polar surface area (TPSA) is 8.81 Å². The summed E-state index contributed by atoms with van der Waals surface area (Å²) in [4.78, 5) is 0. The number of fused-ring (bicyclic) bond motifs is 1. The number of hydrogen-bond donors (Lipinski definition) is 0. The van der Waals surface area contributed by atoms with Crippen LogP contribution in [-0.2, 0) is 6.54 Å². The number of benzene rings is 1. The standard InChI is InChI=1S/C15H17N2/c1-2-11-16-12-17(13-7-3-4-8-13)15-10-6-5-9-14(15)16/h3-10,12-13H,2,11H2,1H3/q+1. The highest BCUT2D eigenvalue weighted by atomic mass is 15.1. The van der Waals surface area contributed by atoms with Gasteiger partial charge in [-0.3, -0.25) is 0 Å². The number of rotatable bonds is 3. The molecule has 1 aromatic carbocycles. The van der Waals surface area contributed by atoms with E-state index >= 15 is 0 Å². The zero-order valence-corrected chi connectivity index (χ0v) is 10.1. The fourth-order valence-electron chi connectivity index (χ4n) is 2.46. The van der Waals surface area contributed by atoms with E-state index in [0.717, 1.165) is 13.0 Å². The largest absolute Gasteiger partial charge is 0.245 e. The predicted octanol–water partition coefficient (Wildman–Crippen LogP) is 3.01. The zero-order chi connectivity index (χ0) is 11.7. The van der Waals surface area contributed by atoms with Crippen molar-refractivity contribution in [3.63, 3.8) is 0 Å². The van der Waals surface area contributed by atoms with Crippen LogP contribution >= 0.6 is 0 Å². The second-order valence-corrected chi connectivity index (χ2v) is 4.47. The Kier molecular flexibility index (Phi) is 2.56. The number of hydrogen-bond acceptors (Lipinski definition) is 0. The molecule has 1 aliphatic rings. The summed E-state index contributed by atoms with van der Waals surface area (Å²) < 4.78 is 4.68. The minimum atomic E-state index is 0.373. The lowest BCUT2D eigenvalue weighted by Crippen LogP contribution is -2.31. The number of imidazole rings is 1. The van der Waals surface area contributed by atoms with Crippen molar-refractivity contribution in [3.8, 4) is 0 Å². The molecule has 0 bridgehead atoms. The van der Waals surface area contributed by atoms with E-state index in [0.29, 0.717) is 6.04 Å². The third kappa shape index (κ3) is 1.70. The van der Waals surface area contributed by atoms with Crippen molar-refractivity contribution >= 4 is 11.0 Å². The van der Waals surface area contributed by atoms with Gasteiger partial charge < -0.3 is 0 Å². The van der Waals surface area contributed by atoms with Crippen LogP contribution < -0.4 is 4.57 Å². The number of nitrogens with zero attached hydrogens (tertiary/aromatic N) is 2. The number of aryl methyl sites for hydroxylation is 1. The molecular weight excluding hydrogens is 208 g/mol. The van der Waals surface area contributed by atoms with Crippen molar-refractivity contribution < 1.29 is 4.57 Å². The summed E-state index contributed by atoms with van der Waals surface area (Å²) in [5, 5.41) is 0. The molecule has 2 nitrogen and oxygen atoms in total. The van der Waals surface area contributed by atoms with Crippen LogP contribution in [0, 0.1) is 0 Å². The molecular formula is C15H17N2+. The van der Waals surface area contributed by atoms with Crippen molar-refractivity contribution in [2.75, 3.05) is 0 Å². The van der Waals surface area contributed by atoms with Crippen molar-refractivity contribution in [2.24, 2.45) is 0 Å². The second kappa shape index (κ2) is 4.21. The second-order valence-electron chi connectivity index (χ2n) is 4.47. The molecule has 0 unspecified atom stereocenters. The molecule has 0 aliphatic heterocycles. The molecule has 0 spiro atoms. The highest BCUT2D eigenvalue weighted by molar-refractivity contribution is 5.72. The van der Waals surface area contributed by atoms with Crippen molar-refractivity contribution in [2.45, 2.75) is 25.9 Å². The molecule has 86 valence electrons. The molecule has 0 radical (unpaired) electrons. The minimum absolute atomic E-state index is 0.373. The van der Waals surface area contributed by atoms with Crippen LogP contribution in [0.4, 0.5) is 0 Å². The van der Waals surface area contributed by atoms with Crippen LogP contribution in [0.1, 0.15) is 19.4 Å². The first-order valence-corrected chi connectivity index (χ1v) is 6.24. The Morgan fingerprint density at radius 1 is 1.18 bits per heavy atom. The van der Waals surface area contributed by atoms with E-state index in [2.05, 4.69) is 71.0 Å². The van der Waals surface area contributed by atoms with Gasteiger partial charge in [0.25, 0.3) is 0 Å². The maximum absolute atomic E-state index is 2.34. The van der Waals surface area contributed by atoms with Crippen LogP contribution in [0.2, 0.25) is 0 Å². The smallest absolute Gasteiger partial charge is 0.230 e. The molecule has 0 amide bonds. The maximum atomic E-state index is 2.34. The molecule has 0 atom stereocenters. The highest BCUT2D eigenvalue weighted by Crippen LogP contribution is 2.21. The zero-order valence-electron chi connectivity index (χ0n) is 10.1. The summed E-state index contributed by atoms with van der Waals surface area (Å²) in [7, 11) is 0. The Balaban J connectivity index is 2.17. The lowest BCUT2D eigenvalue weighted by atomic mass is 10.2. The Morgan fingerprint density at radius 3 is 2.71 bits per heavy atom. The van der Waals surface area contributed by atoms with E-state index in [1.165, 1.54) is 11.0 Å². The average molecular weight is 225 g/mol. The molecule has 0 fully saturated rings. The Bertz CT molecular complexity index is 578. The maximum Gasteiger partial charge on any atom is 0.245 e. The summed E-state index contributed by atoms with van der Waals surface area (Å²) in [5.74, 6) is 0. The van der Waals surface area contributed by atoms with Gasteiger partial charge in [0, 0.05) is 0 Å². The van der Waals surface area contributed by atoms with Gasteiger partial charge in [0.2, 0.25) is 6.33 Å². The Labute approximate surface area is 101 Å². The van der Waals surface area contributed by atoms with E-state index in [1.807, 2.05) is 0 Å². The normalized spacial score (nSPS) is 15.1. The van der Waals surface area contributed by atoms with Crippen LogP contribution in [-0.4, -0.2) is 4.57 Å². The van der Waals surface area contributed by atoms with E-state index in [1.54, 1.807) is 0 Å². The monoisotopic (exact) mass is 225 g/mol. The van der Waals surface area contributed by atoms with Crippen LogP contribution in [0.25, 0.3) is 11.0 Å². The van der Waals surface area contributed by atoms with Crippen molar-refractivity contribution in [1.82, 2.24) is 4.57 Å². The summed E-state index contributed by atoms with van der Waals surface area (Å²) in [6, 6.07) is 8.99. The summed E-state index contributed by atoms with van der Waals surface area (Å²) >= 11 is 0. The van der Waals surface area contributed by atoms with Gasteiger partial charge in [0.05, 0.1) is 6.54 Å². The van der Waals surface area contributed by atoms with Gasteiger partial charge in [-0.2, -0.15) is 0 Å². The fourth-order valence-corrected chi connectivity index (χ4v) is 2.46. The van der Waals surface area contributed by atoms with Gasteiger partial charge in [-0.25, -0.2) is 9.13 Å². The molecule has 1 aromatic heterocycles. The quantitative estimate of drug-likeness (QED) is 0.710.